The number of rotatable bonds is 7. The van der Waals surface area contributed by atoms with Gasteiger partial charge in [-0.15, -0.1) is 0 Å². The molecule has 2 heterocycles. The quantitative estimate of drug-likeness (QED) is 0.161. The van der Waals surface area contributed by atoms with Crippen molar-refractivity contribution in [1.82, 2.24) is 4.98 Å². The summed E-state index contributed by atoms with van der Waals surface area (Å²) in [5.74, 6) is 0.570. The van der Waals surface area contributed by atoms with Gasteiger partial charge in [0.25, 0.3) is 0 Å². The summed E-state index contributed by atoms with van der Waals surface area (Å²) in [7, 11) is 0. The van der Waals surface area contributed by atoms with Crippen molar-refractivity contribution in [3.05, 3.63) is 253 Å². The van der Waals surface area contributed by atoms with Gasteiger partial charge >= 0.3 is 0 Å². The van der Waals surface area contributed by atoms with Gasteiger partial charge in [0.2, 0.25) is 5.89 Å². The summed E-state index contributed by atoms with van der Waals surface area (Å²) >= 11 is 0. The van der Waals surface area contributed by atoms with E-state index in [0.717, 1.165) is 72.0 Å². The molecular formula is C60H38N2O2. The van der Waals surface area contributed by atoms with Gasteiger partial charge < -0.3 is 13.7 Å². The molecule has 0 unspecified atom stereocenters. The van der Waals surface area contributed by atoms with Gasteiger partial charge in [-0.3, -0.25) is 0 Å². The number of benzene rings is 10. The average molecular weight is 819 g/mol. The van der Waals surface area contributed by atoms with E-state index in [-0.39, 0.29) is 0 Å². The fourth-order valence-corrected chi connectivity index (χ4v) is 10.4. The lowest BCUT2D eigenvalue weighted by Gasteiger charge is -2.34. The van der Waals surface area contributed by atoms with Crippen LogP contribution in [0.5, 0.6) is 0 Å². The monoisotopic (exact) mass is 818 g/mol. The van der Waals surface area contributed by atoms with Gasteiger partial charge in [0.1, 0.15) is 11.1 Å². The maximum atomic E-state index is 7.09. The summed E-state index contributed by atoms with van der Waals surface area (Å²) in [6.45, 7) is 0. The molecule has 0 atom stereocenters. The molecule has 4 nitrogen and oxygen atoms in total. The number of hydrogen-bond donors (Lipinski definition) is 0. The van der Waals surface area contributed by atoms with Crippen molar-refractivity contribution in [3.63, 3.8) is 0 Å². The first-order chi connectivity index (χ1) is 31.7. The Kier molecular flexibility index (Phi) is 8.09. The number of furan rings is 1. The zero-order chi connectivity index (χ0) is 42.2. The lowest BCUT2D eigenvalue weighted by Crippen LogP contribution is -2.28. The molecule has 0 spiro atoms. The maximum absolute atomic E-state index is 7.09. The third-order valence-electron chi connectivity index (χ3n) is 13.2. The molecule has 2 aromatic heterocycles. The van der Waals surface area contributed by atoms with Crippen LogP contribution in [0.3, 0.4) is 0 Å². The molecule has 64 heavy (non-hydrogen) atoms. The van der Waals surface area contributed by atoms with Crippen molar-refractivity contribution in [3.8, 4) is 33.7 Å². The topological polar surface area (TPSA) is 42.4 Å². The highest BCUT2D eigenvalue weighted by Gasteiger charge is 2.45. The Morgan fingerprint density at radius 2 is 0.953 bits per heavy atom. The maximum Gasteiger partial charge on any atom is 0.228 e. The highest BCUT2D eigenvalue weighted by molar-refractivity contribution is 6.23. The van der Waals surface area contributed by atoms with E-state index in [1.165, 1.54) is 38.9 Å². The summed E-state index contributed by atoms with van der Waals surface area (Å²) in [6.07, 6.45) is 0. The summed E-state index contributed by atoms with van der Waals surface area (Å²) in [4.78, 5) is 7.25. The molecule has 0 aliphatic heterocycles. The summed E-state index contributed by atoms with van der Waals surface area (Å²) in [6, 6.07) is 82.3. The van der Waals surface area contributed by atoms with E-state index in [2.05, 4.69) is 211 Å². The Labute approximate surface area is 369 Å². The first kappa shape index (κ1) is 36.2. The van der Waals surface area contributed by atoms with Crippen molar-refractivity contribution in [1.29, 1.82) is 0 Å². The van der Waals surface area contributed by atoms with Crippen LogP contribution in [0.25, 0.3) is 77.5 Å². The highest BCUT2D eigenvalue weighted by atomic mass is 16.3. The minimum absolute atomic E-state index is 0.499. The Bertz CT molecular complexity index is 3640. The first-order valence-corrected chi connectivity index (χ1v) is 21.8. The van der Waals surface area contributed by atoms with Gasteiger partial charge in [0, 0.05) is 27.7 Å². The molecule has 0 N–H and O–H groups in total. The van der Waals surface area contributed by atoms with Gasteiger partial charge in [0.15, 0.2) is 11.2 Å². The predicted molar refractivity (Wildman–Crippen MR) is 262 cm³/mol. The Morgan fingerprint density at radius 3 is 1.67 bits per heavy atom. The second kappa shape index (κ2) is 14.3. The number of fused-ring (bicyclic) bond motifs is 9. The SMILES string of the molecule is c1ccc(-c2ccc(N(c3ccc(C4(c5ccccc5)c5ccccc5-c5ccccc54)cc3)c3cccc4c3oc3cc(-c5nc6ccccc6o5)c5ccccc5c34)cc2)cc1. The molecule has 0 bridgehead atoms. The van der Waals surface area contributed by atoms with Gasteiger partial charge in [-0.25, -0.2) is 4.98 Å². The van der Waals surface area contributed by atoms with E-state index in [1.807, 2.05) is 24.3 Å². The van der Waals surface area contributed by atoms with Gasteiger partial charge in [-0.05, 0) is 104 Å². The van der Waals surface area contributed by atoms with Gasteiger partial charge in [-0.2, -0.15) is 0 Å². The van der Waals surface area contributed by atoms with Gasteiger partial charge in [0.05, 0.1) is 11.1 Å². The Morgan fingerprint density at radius 1 is 0.391 bits per heavy atom. The lowest BCUT2D eigenvalue weighted by atomic mass is 9.68. The van der Waals surface area contributed by atoms with Crippen LogP contribution in [0, 0.1) is 0 Å². The van der Waals surface area contributed by atoms with Crippen molar-refractivity contribution in [2.24, 2.45) is 0 Å². The molecule has 0 saturated heterocycles. The first-order valence-electron chi connectivity index (χ1n) is 21.8. The van der Waals surface area contributed by atoms with Crippen LogP contribution < -0.4 is 4.90 Å². The second-order valence-corrected chi connectivity index (χ2v) is 16.6. The zero-order valence-corrected chi connectivity index (χ0v) is 34.7. The van der Waals surface area contributed by atoms with E-state index in [9.17, 15) is 0 Å². The van der Waals surface area contributed by atoms with Crippen LogP contribution >= 0.6 is 0 Å². The normalized spacial score (nSPS) is 12.8. The smallest absolute Gasteiger partial charge is 0.228 e. The Balaban J connectivity index is 1.02. The summed E-state index contributed by atoms with van der Waals surface area (Å²) < 4.78 is 13.5. The predicted octanol–water partition coefficient (Wildman–Crippen LogP) is 16.0. The second-order valence-electron chi connectivity index (χ2n) is 16.6. The third kappa shape index (κ3) is 5.39. The van der Waals surface area contributed by atoms with E-state index >= 15 is 0 Å². The Hall–Kier alpha value is -8.47. The minimum atomic E-state index is -0.499. The number of para-hydroxylation sites is 3. The van der Waals surface area contributed by atoms with Crippen LogP contribution in [0.1, 0.15) is 22.3 Å². The molecule has 0 fully saturated rings. The minimum Gasteiger partial charge on any atom is -0.454 e. The van der Waals surface area contributed by atoms with Gasteiger partial charge in [-0.1, -0.05) is 182 Å². The van der Waals surface area contributed by atoms with Crippen LogP contribution in [0.2, 0.25) is 0 Å². The molecule has 13 rings (SSSR count). The fourth-order valence-electron chi connectivity index (χ4n) is 10.4. The molecule has 10 aromatic carbocycles. The molecule has 1 aliphatic rings. The van der Waals surface area contributed by atoms with Crippen LogP contribution in [-0.2, 0) is 5.41 Å². The van der Waals surface area contributed by atoms with E-state index in [4.69, 9.17) is 13.8 Å². The van der Waals surface area contributed by atoms with E-state index in [0.29, 0.717) is 5.89 Å². The molecular weight excluding hydrogens is 781 g/mol. The summed E-state index contributed by atoms with van der Waals surface area (Å²) in [5, 5.41) is 4.24. The largest absolute Gasteiger partial charge is 0.454 e. The number of anilines is 3. The van der Waals surface area contributed by atoms with Crippen molar-refractivity contribution in [2.45, 2.75) is 5.41 Å². The number of nitrogens with zero attached hydrogens (tertiary/aromatic N) is 2. The molecule has 4 heteroatoms. The lowest BCUT2D eigenvalue weighted by molar-refractivity contribution is 0.620. The molecule has 12 aromatic rings. The summed E-state index contributed by atoms with van der Waals surface area (Å²) in [5.41, 5.74) is 16.4. The highest BCUT2D eigenvalue weighted by Crippen LogP contribution is 2.56. The average Bonchev–Trinajstić information content (AvgIpc) is 4.06. The van der Waals surface area contributed by atoms with Crippen molar-refractivity contribution < 1.29 is 8.83 Å². The van der Waals surface area contributed by atoms with Crippen molar-refractivity contribution in [2.75, 3.05) is 4.90 Å². The van der Waals surface area contributed by atoms with Crippen molar-refractivity contribution >= 4 is 60.9 Å². The van der Waals surface area contributed by atoms with E-state index in [1.54, 1.807) is 0 Å². The number of aromatic nitrogens is 1. The number of oxazole rings is 1. The molecule has 0 saturated carbocycles. The fraction of sp³-hybridized carbons (Fsp3) is 0.0167. The third-order valence-corrected chi connectivity index (χ3v) is 13.2. The zero-order valence-electron chi connectivity index (χ0n) is 34.7. The molecule has 0 radical (unpaired) electrons. The van der Waals surface area contributed by atoms with Crippen LogP contribution in [0.4, 0.5) is 17.1 Å². The van der Waals surface area contributed by atoms with E-state index < -0.39 is 5.41 Å². The number of hydrogen-bond acceptors (Lipinski definition) is 4. The van der Waals surface area contributed by atoms with Crippen LogP contribution in [-0.4, -0.2) is 4.98 Å². The molecule has 300 valence electrons. The standard InChI is InChI=1S/C60H38N2O2/c1-3-16-39(17-4-1)40-30-34-43(35-31-40)62(44-36-32-42(33-37-44)60(41-18-5-2-6-19-41)51-25-11-9-21-46(51)47-22-10-12-26-52(47)60)54-28-15-24-49-57-48-23-8-7-20-45(48)50(38-56(57)63-58(49)54)59-61-53-27-13-14-29-55(53)64-59/h1-38H. The molecule has 1 aliphatic carbocycles. The van der Waals surface area contributed by atoms with Crippen LogP contribution in [0.15, 0.2) is 239 Å². The molecule has 0 amide bonds.